The number of nitriles is 1. The summed E-state index contributed by atoms with van der Waals surface area (Å²) in [7, 11) is 1.82. The van der Waals surface area contributed by atoms with Crippen LogP contribution in [-0.2, 0) is 13.5 Å². The van der Waals surface area contributed by atoms with Gasteiger partial charge in [0.05, 0.1) is 5.69 Å². The van der Waals surface area contributed by atoms with Gasteiger partial charge >= 0.3 is 0 Å². The molecule has 0 amide bonds. The van der Waals surface area contributed by atoms with E-state index in [2.05, 4.69) is 11.3 Å². The fourth-order valence-electron chi connectivity index (χ4n) is 0.907. The first-order valence-corrected chi connectivity index (χ1v) is 3.13. The van der Waals surface area contributed by atoms with Gasteiger partial charge in [0.2, 0.25) is 0 Å². The van der Waals surface area contributed by atoms with Crippen LogP contribution in [0.25, 0.3) is 0 Å². The van der Waals surface area contributed by atoms with Crippen molar-refractivity contribution in [2.24, 2.45) is 7.05 Å². The van der Waals surface area contributed by atoms with Gasteiger partial charge in [-0.15, -0.1) is 0 Å². The quantitative estimate of drug-likeness (QED) is 0.566. The van der Waals surface area contributed by atoms with E-state index in [4.69, 9.17) is 5.26 Å². The van der Waals surface area contributed by atoms with Gasteiger partial charge in [0.25, 0.3) is 0 Å². The van der Waals surface area contributed by atoms with Crippen LogP contribution in [0, 0.1) is 17.5 Å². The lowest BCUT2D eigenvalue weighted by Crippen LogP contribution is -1.96. The van der Waals surface area contributed by atoms with Crippen LogP contribution in [0.15, 0.2) is 0 Å². The van der Waals surface area contributed by atoms with E-state index >= 15 is 0 Å². The smallest absolute Gasteiger partial charge is 0.132 e. The summed E-state index contributed by atoms with van der Waals surface area (Å²) in [4.78, 5) is 0. The molecule has 0 spiro atoms. The Kier molecular flexibility index (Phi) is 1.72. The number of aromatic nitrogens is 2. The molecule has 10 heavy (non-hydrogen) atoms. The summed E-state index contributed by atoms with van der Waals surface area (Å²) in [6.45, 7) is 1.99. The van der Waals surface area contributed by atoms with Gasteiger partial charge in [-0.1, -0.05) is 6.92 Å². The molecule has 0 atom stereocenters. The lowest BCUT2D eigenvalue weighted by molar-refractivity contribution is 0.716. The van der Waals surface area contributed by atoms with Crippen molar-refractivity contribution in [1.29, 1.82) is 5.26 Å². The Morgan fingerprint density at radius 2 is 2.50 bits per heavy atom. The maximum atomic E-state index is 8.53. The summed E-state index contributed by atoms with van der Waals surface area (Å²) in [6.07, 6.45) is 3.46. The van der Waals surface area contributed by atoms with E-state index < -0.39 is 0 Å². The van der Waals surface area contributed by atoms with E-state index in [9.17, 15) is 0 Å². The highest BCUT2D eigenvalue weighted by Crippen LogP contribution is 2.04. The number of rotatable bonds is 1. The number of hydrogen-bond acceptors (Lipinski definition) is 2. The molecule has 1 radical (unpaired) electrons. The molecule has 1 aromatic rings. The van der Waals surface area contributed by atoms with Crippen molar-refractivity contribution in [2.75, 3.05) is 0 Å². The maximum Gasteiger partial charge on any atom is 0.132 e. The molecule has 0 aliphatic heterocycles. The zero-order valence-electron chi connectivity index (χ0n) is 6.05. The second-order valence-electron chi connectivity index (χ2n) is 2.02. The highest BCUT2D eigenvalue weighted by atomic mass is 15.3. The first-order valence-electron chi connectivity index (χ1n) is 3.13. The van der Waals surface area contributed by atoms with E-state index in [0.717, 1.165) is 12.1 Å². The molecule has 3 heteroatoms. The van der Waals surface area contributed by atoms with Gasteiger partial charge in [0, 0.05) is 7.05 Å². The van der Waals surface area contributed by atoms with Gasteiger partial charge in [0.15, 0.2) is 0 Å². The Hall–Kier alpha value is -1.30. The lowest BCUT2D eigenvalue weighted by atomic mass is 10.2. The second-order valence-corrected chi connectivity index (χ2v) is 2.02. The summed E-state index contributed by atoms with van der Waals surface area (Å²) in [5.41, 5.74) is 1.51. The predicted octanol–water partition coefficient (Wildman–Crippen LogP) is 0.654. The van der Waals surface area contributed by atoms with E-state index in [-0.39, 0.29) is 0 Å². The fraction of sp³-hybridized carbons (Fsp3) is 0.429. The van der Waals surface area contributed by atoms with E-state index in [1.54, 1.807) is 4.68 Å². The largest absolute Gasteiger partial charge is 0.271 e. The van der Waals surface area contributed by atoms with Gasteiger partial charge in [-0.2, -0.15) is 10.4 Å². The number of hydrogen-bond donors (Lipinski definition) is 0. The van der Waals surface area contributed by atoms with Crippen LogP contribution in [0.2, 0.25) is 0 Å². The third kappa shape index (κ3) is 0.883. The summed E-state index contributed by atoms with van der Waals surface area (Å²) >= 11 is 0. The molecule has 3 nitrogen and oxygen atoms in total. The van der Waals surface area contributed by atoms with Gasteiger partial charge in [-0.05, 0) is 6.42 Å². The first-order chi connectivity index (χ1) is 4.79. The second kappa shape index (κ2) is 2.53. The van der Waals surface area contributed by atoms with Crippen molar-refractivity contribution < 1.29 is 0 Å². The highest BCUT2D eigenvalue weighted by Gasteiger charge is 2.04. The molecule has 0 aromatic carbocycles. The Bertz CT molecular complexity index is 267. The Labute approximate surface area is 59.9 Å². The Balaban J connectivity index is 3.16. The van der Waals surface area contributed by atoms with Crippen molar-refractivity contribution in [2.45, 2.75) is 13.3 Å². The maximum absolute atomic E-state index is 8.53. The SMILES string of the molecule is CCc1c(C#N)[c]nn1C. The molecule has 1 rings (SSSR count). The van der Waals surface area contributed by atoms with E-state index in [0.29, 0.717) is 5.56 Å². The van der Waals surface area contributed by atoms with Crippen LogP contribution in [0.5, 0.6) is 0 Å². The minimum Gasteiger partial charge on any atom is -0.271 e. The number of nitrogens with zero attached hydrogens (tertiary/aromatic N) is 3. The van der Waals surface area contributed by atoms with Crippen LogP contribution < -0.4 is 0 Å². The zero-order valence-corrected chi connectivity index (χ0v) is 6.05. The van der Waals surface area contributed by atoms with Crippen molar-refractivity contribution in [3.63, 3.8) is 0 Å². The minimum absolute atomic E-state index is 0.560. The molecule has 1 heterocycles. The van der Waals surface area contributed by atoms with Crippen LogP contribution in [0.1, 0.15) is 18.2 Å². The Morgan fingerprint density at radius 1 is 1.80 bits per heavy atom. The minimum atomic E-state index is 0.560. The van der Waals surface area contributed by atoms with Gasteiger partial charge < -0.3 is 0 Å². The summed E-state index contributed by atoms with van der Waals surface area (Å²) in [5, 5.41) is 12.4. The van der Waals surface area contributed by atoms with Crippen LogP contribution in [0.4, 0.5) is 0 Å². The standard InChI is InChI=1S/C7H8N3/c1-3-7-6(4-8)5-9-10(7)2/h3H2,1-2H3. The topological polar surface area (TPSA) is 41.6 Å². The predicted molar refractivity (Wildman–Crippen MR) is 36.1 cm³/mol. The average Bonchev–Trinajstić information content (AvgIpc) is 2.30. The monoisotopic (exact) mass is 134 g/mol. The third-order valence-corrected chi connectivity index (χ3v) is 1.44. The summed E-state index contributed by atoms with van der Waals surface area (Å²) in [6, 6.07) is 2.03. The molecule has 51 valence electrons. The molecule has 0 fully saturated rings. The zero-order chi connectivity index (χ0) is 7.56. The van der Waals surface area contributed by atoms with Crippen molar-refractivity contribution >= 4 is 0 Å². The molecule has 0 bridgehead atoms. The van der Waals surface area contributed by atoms with E-state index in [1.165, 1.54) is 0 Å². The molecule has 0 N–H and O–H groups in total. The normalized spacial score (nSPS) is 9.30. The van der Waals surface area contributed by atoms with Gasteiger partial charge in [-0.3, -0.25) is 4.68 Å². The molecule has 1 aromatic heterocycles. The van der Waals surface area contributed by atoms with Gasteiger partial charge in [-0.25, -0.2) is 0 Å². The molecule has 0 unspecified atom stereocenters. The molecule has 0 aliphatic rings. The van der Waals surface area contributed by atoms with Crippen molar-refractivity contribution in [1.82, 2.24) is 9.78 Å². The highest BCUT2D eigenvalue weighted by molar-refractivity contribution is 5.29. The van der Waals surface area contributed by atoms with Crippen molar-refractivity contribution in [3.05, 3.63) is 17.5 Å². The molecular weight excluding hydrogens is 126 g/mol. The van der Waals surface area contributed by atoms with Crippen LogP contribution in [-0.4, -0.2) is 9.78 Å². The average molecular weight is 134 g/mol. The summed E-state index contributed by atoms with van der Waals surface area (Å²) < 4.78 is 1.68. The van der Waals surface area contributed by atoms with Gasteiger partial charge in [0.1, 0.15) is 17.8 Å². The van der Waals surface area contributed by atoms with Crippen LogP contribution >= 0.6 is 0 Å². The molecule has 0 aliphatic carbocycles. The van der Waals surface area contributed by atoms with Crippen LogP contribution in [0.3, 0.4) is 0 Å². The van der Waals surface area contributed by atoms with Crippen molar-refractivity contribution in [3.8, 4) is 6.07 Å². The first kappa shape index (κ1) is 6.81. The molecule has 0 saturated heterocycles. The summed E-state index contributed by atoms with van der Waals surface area (Å²) in [5.74, 6) is 0. The third-order valence-electron chi connectivity index (χ3n) is 1.44. The fourth-order valence-corrected chi connectivity index (χ4v) is 0.907. The molecular formula is C7H8N3. The lowest BCUT2D eigenvalue weighted by Gasteiger charge is -1.94. The Morgan fingerprint density at radius 3 is 2.90 bits per heavy atom. The van der Waals surface area contributed by atoms with E-state index in [1.807, 2.05) is 20.0 Å². The number of aryl methyl sites for hydroxylation is 1. The molecule has 0 saturated carbocycles.